The maximum atomic E-state index is 13.0. The number of nitrogens with zero attached hydrogens (tertiary/aromatic N) is 4. The number of nitrogens with one attached hydrogen (secondary N) is 1. The van der Waals surface area contributed by atoms with Crippen LogP contribution < -0.4 is 10.9 Å². The van der Waals surface area contributed by atoms with E-state index in [1.165, 1.54) is 10.6 Å². The standard InChI is InChI=1S/C26H21N5O3/c32-23(28-15-10-18-6-2-1-3-7-18)17-31-22-9-5-4-8-20(22)21(16-24(31)33)26-29-25(30-34-26)19-11-13-27-14-12-19/h1-9,11-14,16H,10,15,17H2,(H,28,32). The number of rotatable bonds is 7. The summed E-state index contributed by atoms with van der Waals surface area (Å²) in [5.74, 6) is 0.414. The van der Waals surface area contributed by atoms with E-state index in [0.29, 0.717) is 23.4 Å². The van der Waals surface area contributed by atoms with E-state index in [0.717, 1.165) is 22.9 Å². The lowest BCUT2D eigenvalue weighted by Crippen LogP contribution is -2.33. The number of pyridine rings is 2. The van der Waals surface area contributed by atoms with Crippen molar-refractivity contribution >= 4 is 16.8 Å². The number of carbonyl (C=O) groups excluding carboxylic acids is 1. The SMILES string of the molecule is O=C(Cn1c(=O)cc(-c2nc(-c3ccncc3)no2)c2ccccc21)NCCc1ccccc1. The molecule has 0 atom stereocenters. The average Bonchev–Trinajstić information content (AvgIpc) is 3.37. The van der Waals surface area contributed by atoms with Gasteiger partial charge in [-0.2, -0.15) is 4.98 Å². The first kappa shape index (κ1) is 21.3. The third kappa shape index (κ3) is 4.47. The van der Waals surface area contributed by atoms with Gasteiger partial charge >= 0.3 is 0 Å². The summed E-state index contributed by atoms with van der Waals surface area (Å²) in [4.78, 5) is 34.1. The molecule has 0 bridgehead atoms. The van der Waals surface area contributed by atoms with Gasteiger partial charge in [-0.1, -0.05) is 53.7 Å². The van der Waals surface area contributed by atoms with Crippen molar-refractivity contribution in [3.8, 4) is 22.8 Å². The Morgan fingerprint density at radius 2 is 1.74 bits per heavy atom. The van der Waals surface area contributed by atoms with Gasteiger partial charge < -0.3 is 9.84 Å². The molecule has 34 heavy (non-hydrogen) atoms. The van der Waals surface area contributed by atoms with Gasteiger partial charge in [0.1, 0.15) is 6.54 Å². The van der Waals surface area contributed by atoms with Crippen molar-refractivity contribution in [1.82, 2.24) is 25.0 Å². The maximum Gasteiger partial charge on any atom is 0.259 e. The van der Waals surface area contributed by atoms with E-state index in [2.05, 4.69) is 20.4 Å². The third-order valence-electron chi connectivity index (χ3n) is 5.49. The highest BCUT2D eigenvalue weighted by Gasteiger charge is 2.17. The van der Waals surface area contributed by atoms with Crippen molar-refractivity contribution in [3.05, 3.63) is 101 Å². The van der Waals surface area contributed by atoms with Crippen molar-refractivity contribution in [3.63, 3.8) is 0 Å². The lowest BCUT2D eigenvalue weighted by Gasteiger charge is -2.12. The predicted octanol–water partition coefficient (Wildman–Crippen LogP) is 3.47. The fourth-order valence-electron chi connectivity index (χ4n) is 3.82. The second kappa shape index (κ2) is 9.50. The van der Waals surface area contributed by atoms with Crippen molar-refractivity contribution in [1.29, 1.82) is 0 Å². The maximum absolute atomic E-state index is 13.0. The number of hydrogen-bond acceptors (Lipinski definition) is 6. The zero-order valence-corrected chi connectivity index (χ0v) is 18.2. The molecule has 0 saturated carbocycles. The summed E-state index contributed by atoms with van der Waals surface area (Å²) in [6, 6.07) is 22.3. The molecule has 1 N–H and O–H groups in total. The molecular formula is C26H21N5O3. The minimum absolute atomic E-state index is 0.0828. The Morgan fingerprint density at radius 1 is 0.971 bits per heavy atom. The second-order valence-corrected chi connectivity index (χ2v) is 7.74. The minimum Gasteiger partial charge on any atom is -0.354 e. The van der Waals surface area contributed by atoms with Gasteiger partial charge in [-0.05, 0) is 30.2 Å². The summed E-state index contributed by atoms with van der Waals surface area (Å²) in [7, 11) is 0. The second-order valence-electron chi connectivity index (χ2n) is 7.74. The van der Waals surface area contributed by atoms with Crippen molar-refractivity contribution in [2.45, 2.75) is 13.0 Å². The molecule has 3 aromatic heterocycles. The molecule has 0 unspecified atom stereocenters. The summed E-state index contributed by atoms with van der Waals surface area (Å²) < 4.78 is 6.93. The minimum atomic E-state index is -0.324. The van der Waals surface area contributed by atoms with Crippen molar-refractivity contribution in [2.24, 2.45) is 0 Å². The quantitative estimate of drug-likeness (QED) is 0.406. The largest absolute Gasteiger partial charge is 0.354 e. The Morgan fingerprint density at radius 3 is 2.56 bits per heavy atom. The van der Waals surface area contributed by atoms with Gasteiger partial charge in [0.15, 0.2) is 0 Å². The van der Waals surface area contributed by atoms with E-state index < -0.39 is 0 Å². The zero-order valence-electron chi connectivity index (χ0n) is 18.2. The Hall–Kier alpha value is -4.59. The van der Waals surface area contributed by atoms with Crippen LogP contribution in [0.5, 0.6) is 0 Å². The van der Waals surface area contributed by atoms with Gasteiger partial charge in [0.25, 0.3) is 11.4 Å². The number of carbonyl (C=O) groups is 1. The molecule has 0 fully saturated rings. The van der Waals surface area contributed by atoms with Crippen LogP contribution in [0.2, 0.25) is 0 Å². The van der Waals surface area contributed by atoms with Gasteiger partial charge in [0, 0.05) is 36.0 Å². The summed E-state index contributed by atoms with van der Waals surface area (Å²) in [5.41, 5.74) is 2.71. The van der Waals surface area contributed by atoms with Crippen LogP contribution in [-0.4, -0.2) is 32.1 Å². The molecular weight excluding hydrogens is 430 g/mol. The first-order valence-electron chi connectivity index (χ1n) is 10.9. The smallest absolute Gasteiger partial charge is 0.259 e. The molecule has 5 aromatic rings. The van der Waals surface area contributed by atoms with Gasteiger partial charge in [0.2, 0.25) is 11.7 Å². The van der Waals surface area contributed by atoms with E-state index in [-0.39, 0.29) is 23.9 Å². The fourth-order valence-corrected chi connectivity index (χ4v) is 3.82. The van der Waals surface area contributed by atoms with Crippen molar-refractivity contribution < 1.29 is 9.32 Å². The topological polar surface area (TPSA) is 103 Å². The molecule has 0 aliphatic heterocycles. The molecule has 2 aromatic carbocycles. The van der Waals surface area contributed by atoms with E-state index in [1.54, 1.807) is 30.6 Å². The van der Waals surface area contributed by atoms with Crippen LogP contribution in [0.15, 0.2) is 94.5 Å². The van der Waals surface area contributed by atoms with Gasteiger partial charge in [-0.15, -0.1) is 0 Å². The van der Waals surface area contributed by atoms with Crippen molar-refractivity contribution in [2.75, 3.05) is 6.54 Å². The highest BCUT2D eigenvalue weighted by Crippen LogP contribution is 2.27. The van der Waals surface area contributed by atoms with E-state index >= 15 is 0 Å². The molecule has 8 nitrogen and oxygen atoms in total. The van der Waals surface area contributed by atoms with Crippen LogP contribution in [0.3, 0.4) is 0 Å². The number of amides is 1. The lowest BCUT2D eigenvalue weighted by atomic mass is 10.1. The van der Waals surface area contributed by atoms with Gasteiger partial charge in [-0.3, -0.25) is 19.1 Å². The predicted molar refractivity (Wildman–Crippen MR) is 128 cm³/mol. The number of fused-ring (bicyclic) bond motifs is 1. The molecule has 0 radical (unpaired) electrons. The molecule has 0 spiro atoms. The molecule has 0 aliphatic rings. The van der Waals surface area contributed by atoms with E-state index in [9.17, 15) is 9.59 Å². The third-order valence-corrected chi connectivity index (χ3v) is 5.49. The van der Waals surface area contributed by atoms with E-state index in [1.807, 2.05) is 48.5 Å². The zero-order chi connectivity index (χ0) is 23.3. The van der Waals surface area contributed by atoms with Crippen LogP contribution in [-0.2, 0) is 17.8 Å². The number of para-hydroxylation sites is 1. The Balaban J connectivity index is 1.40. The van der Waals surface area contributed by atoms with Crippen LogP contribution >= 0.6 is 0 Å². The van der Waals surface area contributed by atoms with Gasteiger partial charge in [-0.25, -0.2) is 0 Å². The first-order chi connectivity index (χ1) is 16.7. The van der Waals surface area contributed by atoms with Crippen LogP contribution in [0.4, 0.5) is 0 Å². The molecule has 1 amide bonds. The van der Waals surface area contributed by atoms with E-state index in [4.69, 9.17) is 4.52 Å². The molecule has 8 heteroatoms. The summed E-state index contributed by atoms with van der Waals surface area (Å²) in [5, 5.41) is 7.68. The van der Waals surface area contributed by atoms with Crippen LogP contribution in [0, 0.1) is 0 Å². The summed E-state index contributed by atoms with van der Waals surface area (Å²) >= 11 is 0. The normalized spacial score (nSPS) is 10.9. The lowest BCUT2D eigenvalue weighted by molar-refractivity contribution is -0.121. The number of hydrogen-bond donors (Lipinski definition) is 1. The average molecular weight is 451 g/mol. The highest BCUT2D eigenvalue weighted by molar-refractivity contribution is 5.93. The molecule has 0 saturated heterocycles. The molecule has 168 valence electrons. The number of benzene rings is 2. The number of aromatic nitrogens is 4. The Labute approximate surface area is 194 Å². The van der Waals surface area contributed by atoms with Crippen LogP contribution in [0.25, 0.3) is 33.7 Å². The fraction of sp³-hybridized carbons (Fsp3) is 0.115. The molecule has 5 rings (SSSR count). The Kier molecular flexibility index (Phi) is 5.94. The molecule has 3 heterocycles. The van der Waals surface area contributed by atoms with Crippen LogP contribution in [0.1, 0.15) is 5.56 Å². The first-order valence-corrected chi connectivity index (χ1v) is 10.9. The monoisotopic (exact) mass is 451 g/mol. The molecule has 0 aliphatic carbocycles. The Bertz CT molecular complexity index is 1490. The summed E-state index contributed by atoms with van der Waals surface area (Å²) in [6.45, 7) is 0.411. The summed E-state index contributed by atoms with van der Waals surface area (Å²) in [6.07, 6.45) is 4.01. The highest BCUT2D eigenvalue weighted by atomic mass is 16.5. The van der Waals surface area contributed by atoms with Gasteiger partial charge in [0.05, 0.1) is 11.1 Å².